The molecule has 0 unspecified atom stereocenters. The standard InChI is InChI=1S/C19H24N2O3/c1-19(14-24-3,16-10-5-4-6-11-16)21-18(22)20-17-12-8-7-9-15(17)13-23-2/h4-12H,13-14H2,1-3H3,(H2,20,21,22)/t19-/m0/s1. The monoisotopic (exact) mass is 328 g/mol. The van der Waals surface area contributed by atoms with Crippen LogP contribution in [0.1, 0.15) is 18.1 Å². The van der Waals surface area contributed by atoms with Crippen molar-refractivity contribution in [3.05, 3.63) is 65.7 Å². The fraction of sp³-hybridized carbons (Fsp3) is 0.316. The van der Waals surface area contributed by atoms with Crippen LogP contribution in [0.3, 0.4) is 0 Å². The minimum Gasteiger partial charge on any atom is -0.382 e. The Kier molecular flexibility index (Phi) is 6.35. The highest BCUT2D eigenvalue weighted by molar-refractivity contribution is 5.90. The van der Waals surface area contributed by atoms with E-state index >= 15 is 0 Å². The molecule has 5 heteroatoms. The Balaban J connectivity index is 2.14. The molecule has 128 valence electrons. The third-order valence-electron chi connectivity index (χ3n) is 3.80. The molecule has 0 aliphatic heterocycles. The van der Waals surface area contributed by atoms with Crippen LogP contribution in [0.4, 0.5) is 10.5 Å². The Hall–Kier alpha value is -2.37. The van der Waals surface area contributed by atoms with Gasteiger partial charge < -0.3 is 20.1 Å². The first-order chi connectivity index (χ1) is 11.6. The minimum atomic E-state index is -0.629. The van der Waals surface area contributed by atoms with Crippen molar-refractivity contribution in [1.29, 1.82) is 0 Å². The Morgan fingerprint density at radius 2 is 1.67 bits per heavy atom. The maximum atomic E-state index is 12.5. The zero-order valence-electron chi connectivity index (χ0n) is 14.3. The second-order valence-electron chi connectivity index (χ2n) is 5.80. The topological polar surface area (TPSA) is 59.6 Å². The molecule has 2 aromatic rings. The fourth-order valence-corrected chi connectivity index (χ4v) is 2.61. The summed E-state index contributed by atoms with van der Waals surface area (Å²) in [6.45, 7) is 2.74. The quantitative estimate of drug-likeness (QED) is 0.817. The summed E-state index contributed by atoms with van der Waals surface area (Å²) in [5.74, 6) is 0. The van der Waals surface area contributed by atoms with E-state index in [9.17, 15) is 4.79 Å². The van der Waals surface area contributed by atoms with E-state index in [1.165, 1.54) is 0 Å². The predicted octanol–water partition coefficient (Wildman–Crippen LogP) is 3.52. The van der Waals surface area contributed by atoms with Gasteiger partial charge in [-0.3, -0.25) is 0 Å². The van der Waals surface area contributed by atoms with Crippen molar-refractivity contribution in [1.82, 2.24) is 5.32 Å². The second-order valence-corrected chi connectivity index (χ2v) is 5.80. The number of carbonyl (C=O) groups is 1. The van der Waals surface area contributed by atoms with Crippen molar-refractivity contribution < 1.29 is 14.3 Å². The van der Waals surface area contributed by atoms with Gasteiger partial charge in [-0.1, -0.05) is 48.5 Å². The maximum Gasteiger partial charge on any atom is 0.320 e. The van der Waals surface area contributed by atoms with Crippen molar-refractivity contribution in [2.75, 3.05) is 26.1 Å². The molecule has 0 spiro atoms. The van der Waals surface area contributed by atoms with Crippen LogP contribution in [0.5, 0.6) is 0 Å². The smallest absolute Gasteiger partial charge is 0.320 e. The fourth-order valence-electron chi connectivity index (χ4n) is 2.61. The Morgan fingerprint density at radius 3 is 2.33 bits per heavy atom. The normalized spacial score (nSPS) is 13.1. The molecule has 1 atom stereocenters. The minimum absolute atomic E-state index is 0.290. The molecule has 0 aliphatic carbocycles. The van der Waals surface area contributed by atoms with Gasteiger partial charge in [0.15, 0.2) is 0 Å². The number of methoxy groups -OCH3 is 2. The number of rotatable bonds is 7. The first-order valence-corrected chi connectivity index (χ1v) is 7.79. The second kappa shape index (κ2) is 8.47. The number of amides is 2. The van der Waals surface area contributed by atoms with Gasteiger partial charge in [0.1, 0.15) is 0 Å². The number of anilines is 1. The van der Waals surface area contributed by atoms with Gasteiger partial charge in [0.25, 0.3) is 0 Å². The summed E-state index contributed by atoms with van der Waals surface area (Å²) in [6.07, 6.45) is 0. The van der Waals surface area contributed by atoms with E-state index in [0.29, 0.717) is 13.2 Å². The summed E-state index contributed by atoms with van der Waals surface area (Å²) in [5, 5.41) is 5.91. The van der Waals surface area contributed by atoms with E-state index in [2.05, 4.69) is 10.6 Å². The van der Waals surface area contributed by atoms with E-state index in [1.807, 2.05) is 61.5 Å². The lowest BCUT2D eigenvalue weighted by atomic mass is 9.93. The number of hydrogen-bond acceptors (Lipinski definition) is 3. The van der Waals surface area contributed by atoms with Crippen LogP contribution in [0.2, 0.25) is 0 Å². The van der Waals surface area contributed by atoms with Crippen LogP contribution >= 0.6 is 0 Å². The first kappa shape index (κ1) is 18.0. The number of urea groups is 1. The molecular formula is C19H24N2O3. The zero-order chi connectivity index (χ0) is 17.4. The molecule has 5 nitrogen and oxygen atoms in total. The van der Waals surface area contributed by atoms with Crippen LogP contribution in [0, 0.1) is 0 Å². The molecule has 24 heavy (non-hydrogen) atoms. The van der Waals surface area contributed by atoms with E-state index in [1.54, 1.807) is 14.2 Å². The average Bonchev–Trinajstić information content (AvgIpc) is 2.58. The van der Waals surface area contributed by atoms with Gasteiger partial charge in [-0.15, -0.1) is 0 Å². The average molecular weight is 328 g/mol. The summed E-state index contributed by atoms with van der Waals surface area (Å²) >= 11 is 0. The number of nitrogens with one attached hydrogen (secondary N) is 2. The molecule has 0 saturated heterocycles. The Bertz CT molecular complexity index is 661. The third kappa shape index (κ3) is 4.57. The zero-order valence-corrected chi connectivity index (χ0v) is 14.3. The van der Waals surface area contributed by atoms with Crippen molar-refractivity contribution in [3.63, 3.8) is 0 Å². The van der Waals surface area contributed by atoms with Crippen LogP contribution < -0.4 is 10.6 Å². The summed E-state index contributed by atoms with van der Waals surface area (Å²) in [7, 11) is 3.25. The molecule has 2 N–H and O–H groups in total. The number of para-hydroxylation sites is 1. The Morgan fingerprint density at radius 1 is 1.00 bits per heavy atom. The summed E-state index contributed by atoms with van der Waals surface area (Å²) < 4.78 is 10.5. The van der Waals surface area contributed by atoms with Crippen molar-refractivity contribution in [2.24, 2.45) is 0 Å². The first-order valence-electron chi connectivity index (χ1n) is 7.79. The van der Waals surface area contributed by atoms with E-state index < -0.39 is 5.54 Å². The van der Waals surface area contributed by atoms with Crippen LogP contribution in [0.15, 0.2) is 54.6 Å². The van der Waals surface area contributed by atoms with Gasteiger partial charge in [-0.2, -0.15) is 0 Å². The number of carbonyl (C=O) groups excluding carboxylic acids is 1. The van der Waals surface area contributed by atoms with Gasteiger partial charge in [-0.25, -0.2) is 4.79 Å². The largest absolute Gasteiger partial charge is 0.382 e. The molecule has 0 aromatic heterocycles. The van der Waals surface area contributed by atoms with E-state index in [-0.39, 0.29) is 6.03 Å². The molecule has 2 amide bonds. The molecule has 0 fully saturated rings. The van der Waals surface area contributed by atoms with Crippen molar-refractivity contribution >= 4 is 11.7 Å². The highest BCUT2D eigenvalue weighted by Crippen LogP contribution is 2.22. The van der Waals surface area contributed by atoms with E-state index in [0.717, 1.165) is 16.8 Å². The van der Waals surface area contributed by atoms with Gasteiger partial charge >= 0.3 is 6.03 Å². The highest BCUT2D eigenvalue weighted by atomic mass is 16.5. The molecule has 0 bridgehead atoms. The summed E-state index contributed by atoms with van der Waals surface area (Å²) in [4.78, 5) is 12.5. The molecule has 0 saturated carbocycles. The lowest BCUT2D eigenvalue weighted by Gasteiger charge is -2.31. The number of hydrogen-bond donors (Lipinski definition) is 2. The third-order valence-corrected chi connectivity index (χ3v) is 3.80. The highest BCUT2D eigenvalue weighted by Gasteiger charge is 2.28. The van der Waals surface area contributed by atoms with Gasteiger partial charge in [0, 0.05) is 25.5 Å². The SMILES string of the molecule is COCc1ccccc1NC(=O)N[C@@](C)(COC)c1ccccc1. The van der Waals surface area contributed by atoms with Crippen molar-refractivity contribution in [2.45, 2.75) is 19.1 Å². The van der Waals surface area contributed by atoms with Crippen LogP contribution in [-0.2, 0) is 21.6 Å². The Labute approximate surface area is 143 Å². The van der Waals surface area contributed by atoms with Crippen LogP contribution in [-0.4, -0.2) is 26.9 Å². The summed E-state index contributed by atoms with van der Waals surface area (Å²) in [5.41, 5.74) is 2.00. The molecule has 0 aliphatic rings. The number of benzene rings is 2. The summed E-state index contributed by atoms with van der Waals surface area (Å²) in [6, 6.07) is 17.0. The molecule has 0 radical (unpaired) electrons. The molecule has 2 rings (SSSR count). The molecule has 0 heterocycles. The molecular weight excluding hydrogens is 304 g/mol. The lowest BCUT2D eigenvalue weighted by molar-refractivity contribution is 0.123. The van der Waals surface area contributed by atoms with Crippen LogP contribution in [0.25, 0.3) is 0 Å². The van der Waals surface area contributed by atoms with Gasteiger partial charge in [-0.05, 0) is 18.6 Å². The lowest BCUT2D eigenvalue weighted by Crippen LogP contribution is -2.48. The van der Waals surface area contributed by atoms with Gasteiger partial charge in [0.2, 0.25) is 0 Å². The maximum absolute atomic E-state index is 12.5. The number of ether oxygens (including phenoxy) is 2. The van der Waals surface area contributed by atoms with E-state index in [4.69, 9.17) is 9.47 Å². The molecule has 2 aromatic carbocycles. The predicted molar refractivity (Wildman–Crippen MR) is 95.0 cm³/mol. The van der Waals surface area contributed by atoms with Gasteiger partial charge in [0.05, 0.1) is 18.8 Å². The van der Waals surface area contributed by atoms with Crippen molar-refractivity contribution in [3.8, 4) is 0 Å².